The summed E-state index contributed by atoms with van der Waals surface area (Å²) in [5, 5.41) is 12.4. The highest BCUT2D eigenvalue weighted by Crippen LogP contribution is 2.34. The molecule has 0 radical (unpaired) electrons. The minimum Gasteiger partial charge on any atom is -0.479 e. The van der Waals surface area contributed by atoms with Crippen molar-refractivity contribution in [2.45, 2.75) is 56.7 Å². The smallest absolute Gasteiger partial charge is 0.329 e. The molecule has 20 heavy (non-hydrogen) atoms. The minimum absolute atomic E-state index is 0.0496. The maximum Gasteiger partial charge on any atom is 0.329 e. The number of thioether (sulfide) groups is 1. The van der Waals surface area contributed by atoms with E-state index in [1.807, 2.05) is 13.2 Å². The molecule has 0 spiro atoms. The average Bonchev–Trinajstić information content (AvgIpc) is 2.82. The van der Waals surface area contributed by atoms with E-state index >= 15 is 0 Å². The summed E-state index contributed by atoms with van der Waals surface area (Å²) in [6.45, 7) is 7.12. The van der Waals surface area contributed by atoms with E-state index in [0.29, 0.717) is 25.9 Å². The molecule has 6 heteroatoms. The number of carbonyl (C=O) groups is 2. The molecule has 5 nitrogen and oxygen atoms in total. The molecule has 0 aromatic rings. The highest BCUT2D eigenvalue weighted by atomic mass is 32.2. The SMILES string of the molecule is CCCC1(C(=O)O)CCCN1C(=O)NCC(C)(C)SC. The van der Waals surface area contributed by atoms with Crippen LogP contribution in [-0.4, -0.2) is 51.6 Å². The topological polar surface area (TPSA) is 69.6 Å². The summed E-state index contributed by atoms with van der Waals surface area (Å²) in [4.78, 5) is 25.5. The summed E-state index contributed by atoms with van der Waals surface area (Å²) in [5.74, 6) is -0.879. The summed E-state index contributed by atoms with van der Waals surface area (Å²) in [6.07, 6.45) is 4.58. The molecule has 0 aromatic carbocycles. The van der Waals surface area contributed by atoms with Crippen LogP contribution in [0.25, 0.3) is 0 Å². The van der Waals surface area contributed by atoms with E-state index in [4.69, 9.17) is 0 Å². The Labute approximate surface area is 125 Å². The molecule has 1 unspecified atom stereocenters. The zero-order chi connectivity index (χ0) is 15.4. The number of likely N-dealkylation sites (tertiary alicyclic amines) is 1. The van der Waals surface area contributed by atoms with Crippen molar-refractivity contribution in [1.29, 1.82) is 0 Å². The fraction of sp³-hybridized carbons (Fsp3) is 0.857. The number of aliphatic carboxylic acids is 1. The first-order valence-electron chi connectivity index (χ1n) is 7.13. The molecule has 0 saturated carbocycles. The van der Waals surface area contributed by atoms with Crippen molar-refractivity contribution in [3.05, 3.63) is 0 Å². The van der Waals surface area contributed by atoms with Crippen LogP contribution in [0.1, 0.15) is 46.5 Å². The fourth-order valence-electron chi connectivity index (χ4n) is 2.63. The quantitative estimate of drug-likeness (QED) is 0.791. The summed E-state index contributed by atoms with van der Waals surface area (Å²) in [6, 6.07) is -0.250. The van der Waals surface area contributed by atoms with Gasteiger partial charge >= 0.3 is 12.0 Å². The molecule has 1 aliphatic heterocycles. The van der Waals surface area contributed by atoms with Crippen LogP contribution in [0.4, 0.5) is 4.79 Å². The molecule has 0 aliphatic carbocycles. The Morgan fingerprint density at radius 2 is 2.10 bits per heavy atom. The maximum atomic E-state index is 12.3. The number of carboxylic acid groups (broad SMARTS) is 1. The van der Waals surface area contributed by atoms with Crippen LogP contribution in [0.2, 0.25) is 0 Å². The second-order valence-electron chi connectivity index (χ2n) is 5.96. The van der Waals surface area contributed by atoms with Gasteiger partial charge in [-0.25, -0.2) is 9.59 Å². The molecule has 0 aromatic heterocycles. The Hall–Kier alpha value is -0.910. The molecule has 1 heterocycles. The van der Waals surface area contributed by atoms with E-state index in [1.54, 1.807) is 11.8 Å². The number of carbonyl (C=O) groups excluding carboxylic acids is 1. The Balaban J connectivity index is 2.77. The van der Waals surface area contributed by atoms with Crippen molar-refractivity contribution >= 4 is 23.8 Å². The number of urea groups is 1. The van der Waals surface area contributed by atoms with Crippen LogP contribution in [0.3, 0.4) is 0 Å². The van der Waals surface area contributed by atoms with E-state index in [1.165, 1.54) is 4.90 Å². The Kier molecular flexibility index (Phi) is 5.74. The van der Waals surface area contributed by atoms with Gasteiger partial charge in [-0.3, -0.25) is 0 Å². The highest BCUT2D eigenvalue weighted by molar-refractivity contribution is 7.99. The number of hydrogen-bond acceptors (Lipinski definition) is 3. The predicted molar refractivity (Wildman–Crippen MR) is 82.2 cm³/mol. The van der Waals surface area contributed by atoms with Gasteiger partial charge in [0.2, 0.25) is 0 Å². The van der Waals surface area contributed by atoms with Crippen molar-refractivity contribution < 1.29 is 14.7 Å². The van der Waals surface area contributed by atoms with Gasteiger partial charge in [0.05, 0.1) is 0 Å². The Morgan fingerprint density at radius 3 is 2.60 bits per heavy atom. The van der Waals surface area contributed by atoms with Gasteiger partial charge in [0.15, 0.2) is 0 Å². The minimum atomic E-state index is -1.01. The zero-order valence-electron chi connectivity index (χ0n) is 12.9. The molecule has 2 amide bonds. The number of nitrogens with zero attached hydrogens (tertiary/aromatic N) is 1. The second kappa shape index (κ2) is 6.70. The van der Waals surface area contributed by atoms with Gasteiger partial charge in [0.1, 0.15) is 5.54 Å². The molecular formula is C14H26N2O3S. The summed E-state index contributed by atoms with van der Waals surface area (Å²) < 4.78 is -0.0496. The van der Waals surface area contributed by atoms with Gasteiger partial charge in [0.25, 0.3) is 0 Å². The third kappa shape index (κ3) is 3.59. The van der Waals surface area contributed by atoms with Gasteiger partial charge in [-0.15, -0.1) is 0 Å². The van der Waals surface area contributed by atoms with Crippen LogP contribution in [0.15, 0.2) is 0 Å². The van der Waals surface area contributed by atoms with Gasteiger partial charge < -0.3 is 15.3 Å². The third-order valence-electron chi connectivity index (χ3n) is 4.01. The number of nitrogens with one attached hydrogen (secondary N) is 1. The van der Waals surface area contributed by atoms with E-state index in [-0.39, 0.29) is 10.8 Å². The van der Waals surface area contributed by atoms with Crippen molar-refractivity contribution in [3.63, 3.8) is 0 Å². The molecule has 1 atom stereocenters. The summed E-state index contributed by atoms with van der Waals surface area (Å²) in [5.41, 5.74) is -1.01. The van der Waals surface area contributed by atoms with Gasteiger partial charge in [-0.1, -0.05) is 13.3 Å². The molecule has 1 rings (SSSR count). The van der Waals surface area contributed by atoms with Gasteiger partial charge in [0, 0.05) is 17.8 Å². The number of rotatable bonds is 6. The Bertz CT molecular complexity index is 373. The summed E-state index contributed by atoms with van der Waals surface area (Å²) in [7, 11) is 0. The molecular weight excluding hydrogens is 276 g/mol. The van der Waals surface area contributed by atoms with Crippen molar-refractivity contribution in [3.8, 4) is 0 Å². The van der Waals surface area contributed by atoms with Gasteiger partial charge in [-0.2, -0.15) is 11.8 Å². The molecule has 1 aliphatic rings. The monoisotopic (exact) mass is 302 g/mol. The zero-order valence-corrected chi connectivity index (χ0v) is 13.7. The molecule has 2 N–H and O–H groups in total. The largest absolute Gasteiger partial charge is 0.479 e. The second-order valence-corrected chi connectivity index (χ2v) is 7.48. The van der Waals surface area contributed by atoms with Crippen LogP contribution in [-0.2, 0) is 4.79 Å². The number of carboxylic acids is 1. The molecule has 0 bridgehead atoms. The van der Waals surface area contributed by atoms with Crippen LogP contribution in [0.5, 0.6) is 0 Å². The highest BCUT2D eigenvalue weighted by Gasteiger charge is 2.49. The Morgan fingerprint density at radius 1 is 1.45 bits per heavy atom. The van der Waals surface area contributed by atoms with Crippen LogP contribution >= 0.6 is 11.8 Å². The number of hydrogen-bond donors (Lipinski definition) is 2. The van der Waals surface area contributed by atoms with E-state index in [2.05, 4.69) is 19.2 Å². The van der Waals surface area contributed by atoms with Crippen molar-refractivity contribution in [2.75, 3.05) is 19.3 Å². The van der Waals surface area contributed by atoms with Gasteiger partial charge in [-0.05, 0) is 39.4 Å². The van der Waals surface area contributed by atoms with Crippen molar-refractivity contribution in [2.24, 2.45) is 0 Å². The fourth-order valence-corrected chi connectivity index (χ4v) is 2.85. The maximum absolute atomic E-state index is 12.3. The lowest BCUT2D eigenvalue weighted by Crippen LogP contribution is -2.57. The third-order valence-corrected chi connectivity index (χ3v) is 5.26. The van der Waals surface area contributed by atoms with E-state index < -0.39 is 11.5 Å². The van der Waals surface area contributed by atoms with Crippen molar-refractivity contribution in [1.82, 2.24) is 10.2 Å². The molecule has 1 fully saturated rings. The first-order chi connectivity index (χ1) is 9.29. The van der Waals surface area contributed by atoms with Crippen LogP contribution < -0.4 is 5.32 Å². The first-order valence-corrected chi connectivity index (χ1v) is 8.35. The first kappa shape index (κ1) is 17.1. The predicted octanol–water partition coefficient (Wildman–Crippen LogP) is 2.56. The van der Waals surface area contributed by atoms with Crippen LogP contribution in [0, 0.1) is 0 Å². The normalized spacial score (nSPS) is 22.9. The summed E-state index contributed by atoms with van der Waals surface area (Å²) >= 11 is 1.68. The average molecular weight is 302 g/mol. The standard InChI is InChI=1S/C14H26N2O3S/c1-5-7-14(11(17)18)8-6-9-16(14)12(19)15-10-13(2,3)20-4/h5-10H2,1-4H3,(H,15,19)(H,17,18). The lowest BCUT2D eigenvalue weighted by Gasteiger charge is -2.35. The lowest BCUT2D eigenvalue weighted by atomic mass is 9.91. The van der Waals surface area contributed by atoms with E-state index in [9.17, 15) is 14.7 Å². The molecule has 116 valence electrons. The molecule has 1 saturated heterocycles. The van der Waals surface area contributed by atoms with E-state index in [0.717, 1.165) is 12.8 Å². The number of amides is 2. The lowest BCUT2D eigenvalue weighted by molar-refractivity contribution is -0.148.